The summed E-state index contributed by atoms with van der Waals surface area (Å²) in [6, 6.07) is 18.6. The van der Waals surface area contributed by atoms with Crippen molar-refractivity contribution in [1.82, 2.24) is 5.32 Å². The normalized spacial score (nSPS) is 14.9. The molecule has 4 heteroatoms. The Bertz CT molecular complexity index is 618. The average Bonchev–Trinajstić information content (AvgIpc) is 2.59. The highest BCUT2D eigenvalue weighted by Crippen LogP contribution is 2.20. The highest BCUT2D eigenvalue weighted by atomic mass is 127. The van der Waals surface area contributed by atoms with Gasteiger partial charge in [-0.2, -0.15) is 0 Å². The number of benzene rings is 2. The van der Waals surface area contributed by atoms with E-state index in [9.17, 15) is 5.11 Å². The molecule has 0 radical (unpaired) electrons. The van der Waals surface area contributed by atoms with Crippen LogP contribution in [0.5, 0.6) is 0 Å². The second-order valence-corrected chi connectivity index (χ2v) is 8.02. The van der Waals surface area contributed by atoms with E-state index in [-0.39, 0.29) is 6.04 Å². The van der Waals surface area contributed by atoms with Gasteiger partial charge in [0.2, 0.25) is 0 Å². The first kappa shape index (κ1) is 18.9. The van der Waals surface area contributed by atoms with Gasteiger partial charge in [-0.1, -0.05) is 77.2 Å². The van der Waals surface area contributed by atoms with Crippen LogP contribution in [-0.4, -0.2) is 21.6 Å². The fourth-order valence-corrected chi connectivity index (χ4v) is 3.70. The molecule has 0 aliphatic heterocycles. The van der Waals surface area contributed by atoms with Crippen molar-refractivity contribution in [3.8, 4) is 0 Å². The van der Waals surface area contributed by atoms with Gasteiger partial charge in [0.05, 0.1) is 6.10 Å². The molecule has 2 rings (SSSR count). The van der Waals surface area contributed by atoms with Crippen LogP contribution in [0.4, 0.5) is 0 Å². The van der Waals surface area contributed by atoms with Gasteiger partial charge in [-0.05, 0) is 46.2 Å². The molecule has 0 spiro atoms. The van der Waals surface area contributed by atoms with Gasteiger partial charge >= 0.3 is 0 Å². The van der Waals surface area contributed by atoms with Gasteiger partial charge < -0.3 is 10.4 Å². The van der Waals surface area contributed by atoms with Crippen molar-refractivity contribution in [2.75, 3.05) is 6.54 Å². The lowest BCUT2D eigenvalue weighted by molar-refractivity contribution is 0.169. The largest absolute Gasteiger partial charge is 0.387 e. The molecule has 3 atom stereocenters. The van der Waals surface area contributed by atoms with Crippen molar-refractivity contribution in [2.24, 2.45) is 0 Å². The summed E-state index contributed by atoms with van der Waals surface area (Å²) in [5.41, 5.74) is 2.26. The highest BCUT2D eigenvalue weighted by Gasteiger charge is 2.19. The van der Waals surface area contributed by atoms with Crippen LogP contribution < -0.4 is 5.32 Å². The predicted molar refractivity (Wildman–Crippen MR) is 114 cm³/mol. The molecule has 0 saturated carbocycles. The molecule has 0 saturated heterocycles. The smallest absolute Gasteiger partial charge is 0.0924 e. The van der Waals surface area contributed by atoms with Crippen LogP contribution in [0.3, 0.4) is 0 Å². The van der Waals surface area contributed by atoms with Gasteiger partial charge in [-0.3, -0.25) is 0 Å². The maximum Gasteiger partial charge on any atom is 0.0924 e. The van der Waals surface area contributed by atoms with E-state index in [1.807, 2.05) is 36.4 Å². The van der Waals surface area contributed by atoms with E-state index in [1.165, 1.54) is 5.56 Å². The molecule has 2 nitrogen and oxygen atoms in total. The van der Waals surface area contributed by atoms with Crippen molar-refractivity contribution >= 4 is 45.2 Å². The second kappa shape index (κ2) is 9.76. The lowest BCUT2D eigenvalue weighted by Crippen LogP contribution is -2.40. The number of alkyl halides is 1. The number of hydrogen-bond donors (Lipinski definition) is 2. The summed E-state index contributed by atoms with van der Waals surface area (Å²) < 4.78 is 1.39. The molecule has 2 N–H and O–H groups in total. The number of rotatable bonds is 8. The summed E-state index contributed by atoms with van der Waals surface area (Å²) in [7, 11) is 0. The van der Waals surface area contributed by atoms with Crippen molar-refractivity contribution in [3.05, 3.63) is 81.9 Å². The Kier molecular flexibility index (Phi) is 8.02. The first-order chi connectivity index (χ1) is 11.1. The van der Waals surface area contributed by atoms with Crippen molar-refractivity contribution in [2.45, 2.75) is 22.5 Å². The van der Waals surface area contributed by atoms with Gasteiger partial charge in [0, 0.05) is 20.1 Å². The van der Waals surface area contributed by atoms with Crippen molar-refractivity contribution in [1.29, 1.82) is 0 Å². The van der Waals surface area contributed by atoms with Gasteiger partial charge in [-0.25, -0.2) is 0 Å². The molecule has 0 aliphatic carbocycles. The average molecular weight is 533 g/mol. The van der Waals surface area contributed by atoms with Crippen LogP contribution in [0.15, 0.2) is 67.3 Å². The topological polar surface area (TPSA) is 32.3 Å². The zero-order chi connectivity index (χ0) is 16.7. The molecule has 0 amide bonds. The third-order valence-corrected chi connectivity index (χ3v) is 6.10. The Labute approximate surface area is 165 Å². The number of hydrogen-bond acceptors (Lipinski definition) is 2. The molecule has 0 heterocycles. The highest BCUT2D eigenvalue weighted by molar-refractivity contribution is 14.1. The zero-order valence-corrected chi connectivity index (χ0v) is 17.1. The van der Waals surface area contributed by atoms with Crippen molar-refractivity contribution < 1.29 is 5.11 Å². The van der Waals surface area contributed by atoms with E-state index in [0.717, 1.165) is 15.6 Å². The number of aliphatic hydroxyl groups excluding tert-OH is 1. The molecule has 2 aromatic carbocycles. The molecule has 122 valence electrons. The summed E-state index contributed by atoms with van der Waals surface area (Å²) in [6.45, 7) is 4.44. The van der Waals surface area contributed by atoms with Gasteiger partial charge in [0.1, 0.15) is 0 Å². The molecular formula is C19H21I2NO. The Balaban J connectivity index is 2.01. The standard InChI is InChI=1S/C19H21I2NO/c1-2-16(20)18(12-14-8-4-3-5-9-14)22-13-19(23)15-10-6-7-11-17(15)21/h2-11,16,18-19,22-23H,1,12-13H2. The van der Waals surface area contributed by atoms with Gasteiger partial charge in [-0.15, -0.1) is 6.58 Å². The Hall–Kier alpha value is -0.440. The third-order valence-electron chi connectivity index (χ3n) is 3.75. The molecular weight excluding hydrogens is 512 g/mol. The van der Waals surface area contributed by atoms with E-state index in [0.29, 0.717) is 10.5 Å². The Morgan fingerprint density at radius 1 is 1.09 bits per heavy atom. The molecule has 23 heavy (non-hydrogen) atoms. The maximum absolute atomic E-state index is 10.5. The molecule has 3 unspecified atom stereocenters. The lowest BCUT2D eigenvalue weighted by atomic mass is 10.0. The Morgan fingerprint density at radius 3 is 2.39 bits per heavy atom. The van der Waals surface area contributed by atoms with Gasteiger partial charge in [0.15, 0.2) is 0 Å². The van der Waals surface area contributed by atoms with Crippen molar-refractivity contribution in [3.63, 3.8) is 0 Å². The summed E-state index contributed by atoms with van der Waals surface area (Å²) in [4.78, 5) is 0. The summed E-state index contributed by atoms with van der Waals surface area (Å²) in [5.74, 6) is 0. The van der Waals surface area contributed by atoms with E-state index < -0.39 is 6.10 Å². The summed E-state index contributed by atoms with van der Waals surface area (Å²) >= 11 is 4.67. The van der Waals surface area contributed by atoms with Crippen LogP contribution in [-0.2, 0) is 6.42 Å². The SMILES string of the molecule is C=CC(I)C(Cc1ccccc1)NCC(O)c1ccccc1I. The van der Waals surface area contributed by atoms with E-state index in [4.69, 9.17) is 0 Å². The first-order valence-electron chi connectivity index (χ1n) is 7.58. The van der Waals surface area contributed by atoms with Crippen LogP contribution in [0.25, 0.3) is 0 Å². The van der Waals surface area contributed by atoms with Gasteiger partial charge in [0.25, 0.3) is 0 Å². The van der Waals surface area contributed by atoms with Crippen LogP contribution >= 0.6 is 45.2 Å². The minimum absolute atomic E-state index is 0.242. The summed E-state index contributed by atoms with van der Waals surface area (Å²) in [6.07, 6.45) is 2.37. The summed E-state index contributed by atoms with van der Waals surface area (Å²) in [5, 5.41) is 14.0. The first-order valence-corrected chi connectivity index (χ1v) is 9.90. The zero-order valence-electron chi connectivity index (χ0n) is 12.8. The van der Waals surface area contributed by atoms with Crippen LogP contribution in [0, 0.1) is 3.57 Å². The van der Waals surface area contributed by atoms with Crippen LogP contribution in [0.2, 0.25) is 0 Å². The number of halogens is 2. The lowest BCUT2D eigenvalue weighted by Gasteiger charge is -2.24. The molecule has 2 aromatic rings. The fourth-order valence-electron chi connectivity index (χ4n) is 2.45. The van der Waals surface area contributed by atoms with E-state index in [2.05, 4.69) is 81.3 Å². The number of nitrogens with one attached hydrogen (secondary N) is 1. The predicted octanol–water partition coefficient (Wildman–Crippen LogP) is 4.52. The second-order valence-electron chi connectivity index (χ2n) is 5.42. The molecule has 0 bridgehead atoms. The van der Waals surface area contributed by atoms with E-state index >= 15 is 0 Å². The molecule has 0 aliphatic rings. The van der Waals surface area contributed by atoms with E-state index in [1.54, 1.807) is 0 Å². The quantitative estimate of drug-likeness (QED) is 0.298. The number of aliphatic hydroxyl groups is 1. The minimum Gasteiger partial charge on any atom is -0.387 e. The minimum atomic E-state index is -0.505. The van der Waals surface area contributed by atoms with Crippen LogP contribution in [0.1, 0.15) is 17.2 Å². The third kappa shape index (κ3) is 5.85. The maximum atomic E-state index is 10.5. The molecule has 0 fully saturated rings. The fraction of sp³-hybridized carbons (Fsp3) is 0.263. The molecule has 0 aromatic heterocycles. The Morgan fingerprint density at radius 2 is 1.74 bits per heavy atom. The monoisotopic (exact) mass is 533 g/mol.